The van der Waals surface area contributed by atoms with Gasteiger partial charge in [-0.2, -0.15) is 0 Å². The third-order valence-corrected chi connectivity index (χ3v) is 15.1. The van der Waals surface area contributed by atoms with E-state index in [1.165, 1.54) is 46.5 Å². The van der Waals surface area contributed by atoms with E-state index in [0.29, 0.717) is 7.25 Å². The zero-order valence-electron chi connectivity index (χ0n) is 23.2. The maximum absolute atomic E-state index is 10.4. The Bertz CT molecular complexity index is 1720. The molecule has 0 spiro atoms. The Balaban J connectivity index is 0.000000158. The van der Waals surface area contributed by atoms with E-state index in [0.717, 1.165) is 11.1 Å². The van der Waals surface area contributed by atoms with Crippen LogP contribution in [0.4, 0.5) is 0 Å². The molecule has 2 unspecified atom stereocenters. The number of aryl methyl sites for hydroxylation is 2. The van der Waals surface area contributed by atoms with E-state index >= 15 is 0 Å². The first kappa shape index (κ1) is 31.9. The third-order valence-electron chi connectivity index (χ3n) is 7.02. The number of rotatable bonds is 4. The van der Waals surface area contributed by atoms with E-state index in [1.807, 2.05) is 13.8 Å². The molecule has 0 saturated carbocycles. The van der Waals surface area contributed by atoms with Gasteiger partial charge in [-0.05, 0) is 38.1 Å². The predicted molar refractivity (Wildman–Crippen MR) is 162 cm³/mol. The molecule has 0 fully saturated rings. The quantitative estimate of drug-likeness (QED) is 0.232. The van der Waals surface area contributed by atoms with Crippen LogP contribution in [-0.4, -0.2) is 30.2 Å². The van der Waals surface area contributed by atoms with Crippen LogP contribution >= 0.6 is 0 Å². The average Bonchev–Trinajstić information content (AvgIpc) is 3.58. The first-order valence-electron chi connectivity index (χ1n) is 13.1. The SMILES string of the molecule is Cc1ccc(S(=O)(=O)[O-])cc1.Cc1ccc(S(=O)(=O)[O-])cc1.[CH2]=[Zr+2]([CH]1C=Cc2ccccc21)[CH]1C=Cc2ccccc21. The number of benzene rings is 4. The van der Waals surface area contributed by atoms with Crippen LogP contribution < -0.4 is 0 Å². The van der Waals surface area contributed by atoms with Gasteiger partial charge in [0.25, 0.3) is 0 Å². The summed E-state index contributed by atoms with van der Waals surface area (Å²) >= 11 is -1.85. The van der Waals surface area contributed by atoms with Crippen molar-refractivity contribution < 1.29 is 47.2 Å². The van der Waals surface area contributed by atoms with Gasteiger partial charge in [0.2, 0.25) is 0 Å². The molecule has 0 aliphatic heterocycles. The summed E-state index contributed by atoms with van der Waals surface area (Å²) in [6.07, 6.45) is 9.38. The molecule has 2 aliphatic carbocycles. The predicted octanol–water partition coefficient (Wildman–Crippen LogP) is 6.37. The van der Waals surface area contributed by atoms with Crippen LogP contribution in [0.1, 0.15) is 40.6 Å². The van der Waals surface area contributed by atoms with E-state index in [1.54, 1.807) is 24.3 Å². The minimum atomic E-state index is -4.27. The van der Waals surface area contributed by atoms with Gasteiger partial charge in [-0.25, -0.2) is 16.8 Å². The van der Waals surface area contributed by atoms with Gasteiger partial charge in [0.1, 0.15) is 20.2 Å². The van der Waals surface area contributed by atoms with Gasteiger partial charge in [0.15, 0.2) is 0 Å². The fraction of sp³-hybridized carbons (Fsp3) is 0.121. The zero-order chi connectivity index (χ0) is 30.5. The molecule has 2 aliphatic rings. The van der Waals surface area contributed by atoms with Crippen LogP contribution in [-0.2, 0) is 41.5 Å². The molecule has 4 aromatic rings. The Morgan fingerprint density at radius 2 is 0.905 bits per heavy atom. The Morgan fingerprint density at radius 1 is 0.571 bits per heavy atom. The van der Waals surface area contributed by atoms with Gasteiger partial charge >= 0.3 is 128 Å². The van der Waals surface area contributed by atoms with Crippen LogP contribution in [0.2, 0.25) is 0 Å². The van der Waals surface area contributed by atoms with Crippen molar-refractivity contribution in [1.82, 2.24) is 0 Å². The van der Waals surface area contributed by atoms with Crippen molar-refractivity contribution >= 4 is 36.6 Å². The molecule has 0 radical (unpaired) electrons. The van der Waals surface area contributed by atoms with Crippen molar-refractivity contribution in [2.75, 3.05) is 0 Å². The standard InChI is InChI=1S/2C9H7.2C7H8O3S.CH2.Zr/c2*1-2-5-9-7-3-6-8(9)4-1;2*1-6-2-4-7(5-3-6)11(8,9)10;;/h2*1-7H;2*2-5H,1H3,(H,8,9,10);1H2;/q;;;;;+2/p-2. The van der Waals surface area contributed by atoms with Gasteiger partial charge in [0, 0.05) is 0 Å². The van der Waals surface area contributed by atoms with E-state index in [-0.39, 0.29) is 9.79 Å². The van der Waals surface area contributed by atoms with Gasteiger partial charge in [-0.3, -0.25) is 0 Å². The molecule has 0 amide bonds. The summed E-state index contributed by atoms with van der Waals surface area (Å²) in [6.45, 7) is 3.64. The molecule has 0 heterocycles. The molecule has 42 heavy (non-hydrogen) atoms. The summed E-state index contributed by atoms with van der Waals surface area (Å²) in [5.41, 5.74) is 7.67. The van der Waals surface area contributed by atoms with Crippen molar-refractivity contribution in [3.63, 3.8) is 0 Å². The van der Waals surface area contributed by atoms with Gasteiger partial charge in [-0.1, -0.05) is 35.4 Å². The van der Waals surface area contributed by atoms with E-state index in [4.69, 9.17) is 4.21 Å². The molecule has 6 rings (SSSR count). The average molecular weight is 678 g/mol. The Morgan fingerprint density at radius 3 is 1.24 bits per heavy atom. The van der Waals surface area contributed by atoms with E-state index in [2.05, 4.69) is 72.8 Å². The van der Waals surface area contributed by atoms with Crippen molar-refractivity contribution in [2.24, 2.45) is 0 Å². The normalized spacial score (nSPS) is 16.2. The Kier molecular flexibility index (Phi) is 10.2. The van der Waals surface area contributed by atoms with Gasteiger partial charge in [-0.15, -0.1) is 0 Å². The molecule has 9 heteroatoms. The van der Waals surface area contributed by atoms with Crippen LogP contribution in [0.3, 0.4) is 0 Å². The van der Waals surface area contributed by atoms with Crippen LogP contribution in [0, 0.1) is 13.8 Å². The van der Waals surface area contributed by atoms with Crippen molar-refractivity contribution in [3.05, 3.63) is 143 Å². The Hall–Kier alpha value is -3.07. The second kappa shape index (κ2) is 13.5. The molecule has 6 nitrogen and oxygen atoms in total. The zero-order valence-corrected chi connectivity index (χ0v) is 27.3. The molecule has 0 bridgehead atoms. The first-order valence-corrected chi connectivity index (χ1v) is 20.5. The second-order valence-corrected chi connectivity index (χ2v) is 18.7. The Labute approximate surface area is 255 Å². The molecule has 0 aromatic heterocycles. The van der Waals surface area contributed by atoms with Gasteiger partial charge in [0.05, 0.1) is 9.79 Å². The summed E-state index contributed by atoms with van der Waals surface area (Å²) in [6, 6.07) is 29.2. The number of hydrogen-bond acceptors (Lipinski definition) is 6. The van der Waals surface area contributed by atoms with Gasteiger partial charge < -0.3 is 9.11 Å². The van der Waals surface area contributed by atoms with Crippen LogP contribution in [0.5, 0.6) is 0 Å². The van der Waals surface area contributed by atoms with Crippen LogP contribution in [0.25, 0.3) is 12.2 Å². The summed E-state index contributed by atoms with van der Waals surface area (Å²) in [5, 5.41) is 0. The van der Waals surface area contributed by atoms with Crippen molar-refractivity contribution in [1.29, 1.82) is 0 Å². The fourth-order valence-corrected chi connectivity index (χ4v) is 11.6. The second-order valence-electron chi connectivity index (χ2n) is 10.0. The third kappa shape index (κ3) is 8.06. The summed E-state index contributed by atoms with van der Waals surface area (Å²) in [7, 11) is -8.54. The molecular formula is C33H30O6S2Zr. The monoisotopic (exact) mass is 676 g/mol. The summed E-state index contributed by atoms with van der Waals surface area (Å²) in [5.74, 6) is 0. The first-order chi connectivity index (χ1) is 19.8. The van der Waals surface area contributed by atoms with Crippen LogP contribution in [0.15, 0.2) is 119 Å². The molecule has 0 saturated heterocycles. The molecule has 0 N–H and O–H groups in total. The summed E-state index contributed by atoms with van der Waals surface area (Å²) < 4.78 is 68.3. The molecular weight excluding hydrogens is 648 g/mol. The maximum atomic E-state index is 10.4. The van der Waals surface area contributed by atoms with Crippen molar-refractivity contribution in [2.45, 2.75) is 30.9 Å². The molecule has 4 aromatic carbocycles. The molecule has 2 atom stereocenters. The fourth-order valence-electron chi connectivity index (χ4n) is 4.75. The number of allylic oxidation sites excluding steroid dienone is 2. The number of fused-ring (bicyclic) bond motifs is 2. The minimum absolute atomic E-state index is 0.178. The molecule has 214 valence electrons. The van der Waals surface area contributed by atoms with Crippen molar-refractivity contribution in [3.8, 4) is 0 Å². The topological polar surface area (TPSA) is 114 Å². The number of hydrogen-bond donors (Lipinski definition) is 0. The van der Waals surface area contributed by atoms with E-state index < -0.39 is 41.5 Å². The summed E-state index contributed by atoms with van der Waals surface area (Å²) in [4.78, 5) is -0.355. The van der Waals surface area contributed by atoms with E-state index in [9.17, 15) is 25.9 Å².